The molecule has 0 bridgehead atoms. The highest BCUT2D eigenvalue weighted by Gasteiger charge is 2.29. The molecule has 154 valence electrons. The average Bonchev–Trinajstić information content (AvgIpc) is 3.28. The van der Waals surface area contributed by atoms with Gasteiger partial charge < -0.3 is 20.0 Å². The molecule has 0 aromatic heterocycles. The van der Waals surface area contributed by atoms with Crippen molar-refractivity contribution in [3.63, 3.8) is 0 Å². The lowest BCUT2D eigenvalue weighted by atomic mass is 9.87. The summed E-state index contributed by atoms with van der Waals surface area (Å²) in [7, 11) is 0. The molecule has 1 amide bonds. The zero-order chi connectivity index (χ0) is 20.2. The molecule has 2 saturated heterocycles. The largest absolute Gasteiger partial charge is 0.508 e. The number of piperidine rings is 1. The van der Waals surface area contributed by atoms with E-state index in [1.165, 1.54) is 25.9 Å². The fourth-order valence-electron chi connectivity index (χ4n) is 4.77. The zero-order valence-electron chi connectivity index (χ0n) is 16.8. The van der Waals surface area contributed by atoms with Gasteiger partial charge in [0.15, 0.2) is 0 Å². The summed E-state index contributed by atoms with van der Waals surface area (Å²) in [6.45, 7) is 4.06. The van der Waals surface area contributed by atoms with Crippen LogP contribution in [0.15, 0.2) is 48.5 Å². The summed E-state index contributed by atoms with van der Waals surface area (Å²) in [5, 5.41) is 19.6. The van der Waals surface area contributed by atoms with E-state index in [0.717, 1.165) is 37.1 Å². The molecule has 2 aromatic rings. The van der Waals surface area contributed by atoms with Crippen LogP contribution >= 0.6 is 0 Å². The molecule has 0 spiro atoms. The molecule has 1 atom stereocenters. The summed E-state index contributed by atoms with van der Waals surface area (Å²) in [6.07, 6.45) is 5.08. The summed E-state index contributed by atoms with van der Waals surface area (Å²) in [5.41, 5.74) is 1.88. The molecule has 2 N–H and O–H groups in total. The second-order valence-electron chi connectivity index (χ2n) is 8.30. The van der Waals surface area contributed by atoms with Gasteiger partial charge in [-0.15, -0.1) is 0 Å². The summed E-state index contributed by atoms with van der Waals surface area (Å²) >= 11 is 0. The highest BCUT2D eigenvalue weighted by Crippen LogP contribution is 2.32. The van der Waals surface area contributed by atoms with E-state index in [-0.39, 0.29) is 23.3 Å². The normalized spacial score (nSPS) is 19.4. The van der Waals surface area contributed by atoms with E-state index in [9.17, 15) is 15.0 Å². The lowest BCUT2D eigenvalue weighted by Crippen LogP contribution is -2.46. The standard InChI is InChI=1S/C24H30N2O3/c27-21-8-6-18(7-9-21)23(19-4-3-5-22(28)16-19)17-24(29)26-14-10-20(11-15-26)25-12-1-2-13-25/h3-9,16,20,23,27-28H,1-2,10-15,17H2. The molecule has 4 rings (SSSR count). The van der Waals surface area contributed by atoms with Crippen LogP contribution in [0.25, 0.3) is 0 Å². The molecule has 0 aliphatic carbocycles. The Balaban J connectivity index is 1.46. The minimum atomic E-state index is -0.147. The van der Waals surface area contributed by atoms with Crippen molar-refractivity contribution in [1.29, 1.82) is 0 Å². The zero-order valence-corrected chi connectivity index (χ0v) is 16.8. The summed E-state index contributed by atoms with van der Waals surface area (Å²) in [6, 6.07) is 14.8. The van der Waals surface area contributed by atoms with Gasteiger partial charge in [-0.2, -0.15) is 0 Å². The third kappa shape index (κ3) is 4.73. The van der Waals surface area contributed by atoms with E-state index < -0.39 is 0 Å². The van der Waals surface area contributed by atoms with Crippen LogP contribution in [-0.2, 0) is 4.79 Å². The molecule has 2 heterocycles. The third-order valence-electron chi connectivity index (χ3n) is 6.42. The van der Waals surface area contributed by atoms with Crippen molar-refractivity contribution in [2.75, 3.05) is 26.2 Å². The highest BCUT2D eigenvalue weighted by molar-refractivity contribution is 5.78. The van der Waals surface area contributed by atoms with E-state index in [2.05, 4.69) is 4.90 Å². The first-order valence-electron chi connectivity index (χ1n) is 10.7. The molecule has 2 aliphatic heterocycles. The van der Waals surface area contributed by atoms with Crippen LogP contribution in [0.5, 0.6) is 11.5 Å². The maximum atomic E-state index is 13.1. The molecular weight excluding hydrogens is 364 g/mol. The fourth-order valence-corrected chi connectivity index (χ4v) is 4.77. The van der Waals surface area contributed by atoms with Crippen molar-refractivity contribution < 1.29 is 15.0 Å². The number of aromatic hydroxyl groups is 2. The van der Waals surface area contributed by atoms with E-state index in [1.54, 1.807) is 24.3 Å². The molecule has 0 saturated carbocycles. The Morgan fingerprint density at radius 3 is 2.24 bits per heavy atom. The first kappa shape index (κ1) is 19.8. The number of rotatable bonds is 5. The van der Waals surface area contributed by atoms with Crippen molar-refractivity contribution in [3.05, 3.63) is 59.7 Å². The topological polar surface area (TPSA) is 64.0 Å². The van der Waals surface area contributed by atoms with Gasteiger partial charge in [0.25, 0.3) is 0 Å². The first-order valence-corrected chi connectivity index (χ1v) is 10.7. The van der Waals surface area contributed by atoms with Crippen molar-refractivity contribution in [2.24, 2.45) is 0 Å². The van der Waals surface area contributed by atoms with Crippen LogP contribution in [0.4, 0.5) is 0 Å². The number of nitrogens with zero attached hydrogens (tertiary/aromatic N) is 2. The quantitative estimate of drug-likeness (QED) is 0.812. The molecule has 2 aromatic carbocycles. The SMILES string of the molecule is O=C(CC(c1ccc(O)cc1)c1cccc(O)c1)N1CCC(N2CCCC2)CC1. The number of phenols is 2. The number of amides is 1. The van der Waals surface area contributed by atoms with Crippen molar-refractivity contribution >= 4 is 5.91 Å². The van der Waals surface area contributed by atoms with Crippen molar-refractivity contribution in [3.8, 4) is 11.5 Å². The van der Waals surface area contributed by atoms with E-state index >= 15 is 0 Å². The summed E-state index contributed by atoms with van der Waals surface area (Å²) in [4.78, 5) is 17.7. The van der Waals surface area contributed by atoms with Crippen molar-refractivity contribution in [1.82, 2.24) is 9.80 Å². The van der Waals surface area contributed by atoms with Gasteiger partial charge in [-0.25, -0.2) is 0 Å². The predicted octanol–water partition coefficient (Wildman–Crippen LogP) is 3.71. The van der Waals surface area contributed by atoms with Gasteiger partial charge in [-0.1, -0.05) is 24.3 Å². The molecule has 2 fully saturated rings. The smallest absolute Gasteiger partial charge is 0.223 e. The van der Waals surface area contributed by atoms with Gasteiger partial charge in [0.05, 0.1) is 0 Å². The minimum absolute atomic E-state index is 0.147. The van der Waals surface area contributed by atoms with E-state index in [0.29, 0.717) is 12.5 Å². The third-order valence-corrected chi connectivity index (χ3v) is 6.42. The maximum Gasteiger partial charge on any atom is 0.223 e. The molecular formula is C24H30N2O3. The molecule has 29 heavy (non-hydrogen) atoms. The van der Waals surface area contributed by atoms with E-state index in [1.807, 2.05) is 29.2 Å². The second kappa shape index (κ2) is 8.87. The van der Waals surface area contributed by atoms with Gasteiger partial charge in [0, 0.05) is 31.5 Å². The molecule has 0 radical (unpaired) electrons. The average molecular weight is 395 g/mol. The Hall–Kier alpha value is -2.53. The van der Waals surface area contributed by atoms with Crippen LogP contribution in [0.2, 0.25) is 0 Å². The molecule has 5 nitrogen and oxygen atoms in total. The fraction of sp³-hybridized carbons (Fsp3) is 0.458. The number of phenolic OH excluding ortho intramolecular Hbond substituents is 2. The van der Waals surface area contributed by atoms with Crippen LogP contribution in [0.3, 0.4) is 0 Å². The van der Waals surface area contributed by atoms with Gasteiger partial charge in [-0.3, -0.25) is 4.79 Å². The lowest BCUT2D eigenvalue weighted by Gasteiger charge is -2.37. The Bertz CT molecular complexity index is 822. The Labute approximate surface area is 172 Å². The monoisotopic (exact) mass is 394 g/mol. The molecule has 2 aliphatic rings. The lowest BCUT2D eigenvalue weighted by molar-refractivity contribution is -0.133. The van der Waals surface area contributed by atoms with Gasteiger partial charge in [-0.05, 0) is 74.2 Å². The number of carbonyl (C=O) groups is 1. The summed E-state index contributed by atoms with van der Waals surface area (Å²) in [5.74, 6) is 0.418. The minimum Gasteiger partial charge on any atom is -0.508 e. The molecule has 5 heteroatoms. The number of benzene rings is 2. The van der Waals surface area contributed by atoms with Crippen LogP contribution in [-0.4, -0.2) is 58.1 Å². The Kier molecular flexibility index (Phi) is 6.05. The first-order chi connectivity index (χ1) is 14.1. The highest BCUT2D eigenvalue weighted by atomic mass is 16.3. The van der Waals surface area contributed by atoms with Crippen LogP contribution in [0.1, 0.15) is 49.1 Å². The number of hydrogen-bond donors (Lipinski definition) is 2. The Morgan fingerprint density at radius 1 is 0.897 bits per heavy atom. The van der Waals surface area contributed by atoms with Crippen LogP contribution < -0.4 is 0 Å². The second-order valence-corrected chi connectivity index (χ2v) is 8.30. The van der Waals surface area contributed by atoms with Gasteiger partial charge in [0.1, 0.15) is 11.5 Å². The van der Waals surface area contributed by atoms with E-state index in [4.69, 9.17) is 0 Å². The molecule has 1 unspecified atom stereocenters. The summed E-state index contributed by atoms with van der Waals surface area (Å²) < 4.78 is 0. The van der Waals surface area contributed by atoms with Crippen molar-refractivity contribution in [2.45, 2.75) is 44.1 Å². The van der Waals surface area contributed by atoms with Crippen LogP contribution in [0, 0.1) is 0 Å². The number of likely N-dealkylation sites (tertiary alicyclic amines) is 2. The predicted molar refractivity (Wildman–Crippen MR) is 113 cm³/mol. The Morgan fingerprint density at radius 2 is 1.59 bits per heavy atom. The number of hydrogen-bond acceptors (Lipinski definition) is 4. The maximum absolute atomic E-state index is 13.1. The number of carbonyl (C=O) groups excluding carboxylic acids is 1. The van der Waals surface area contributed by atoms with Gasteiger partial charge in [0.2, 0.25) is 5.91 Å². The van der Waals surface area contributed by atoms with Gasteiger partial charge >= 0.3 is 0 Å².